The highest BCUT2D eigenvalue weighted by Crippen LogP contribution is 2.32. The van der Waals surface area contributed by atoms with Crippen molar-refractivity contribution in [3.05, 3.63) is 72.7 Å². The first-order chi connectivity index (χ1) is 18.6. The maximum Gasteiger partial charge on any atom is 0.255 e. The van der Waals surface area contributed by atoms with Crippen LogP contribution in [-0.2, 0) is 0 Å². The molecule has 4 N–H and O–H groups in total. The number of oxazole rings is 1. The maximum absolute atomic E-state index is 12.7. The molecule has 1 saturated heterocycles. The van der Waals surface area contributed by atoms with Crippen LogP contribution >= 0.6 is 0 Å². The lowest BCUT2D eigenvalue weighted by Gasteiger charge is -2.22. The number of nitrogens with two attached hydrogens (primary N) is 1. The van der Waals surface area contributed by atoms with E-state index >= 15 is 0 Å². The number of rotatable bonds is 6. The van der Waals surface area contributed by atoms with Crippen LogP contribution in [0.3, 0.4) is 0 Å². The lowest BCUT2D eigenvalue weighted by molar-refractivity contribution is 0.102. The molecule has 4 heterocycles. The lowest BCUT2D eigenvalue weighted by Crippen LogP contribution is -2.29. The molecular weight excluding hydrogens is 482 g/mol. The van der Waals surface area contributed by atoms with E-state index in [1.807, 2.05) is 16.9 Å². The zero-order chi connectivity index (χ0) is 26.1. The van der Waals surface area contributed by atoms with Crippen molar-refractivity contribution in [3.8, 4) is 28.3 Å². The predicted molar refractivity (Wildman–Crippen MR) is 145 cm³/mol. The highest BCUT2D eigenvalue weighted by atomic mass is 16.5. The Morgan fingerprint density at radius 3 is 2.71 bits per heavy atom. The molecule has 0 radical (unpaired) electrons. The topological polar surface area (TPSA) is 133 Å². The molecular formula is C28H27N7O3. The van der Waals surface area contributed by atoms with Gasteiger partial charge in [0.2, 0.25) is 5.89 Å². The van der Waals surface area contributed by atoms with E-state index in [-0.39, 0.29) is 5.91 Å². The second kappa shape index (κ2) is 9.98. The number of hydrogen-bond acceptors (Lipinski definition) is 8. The van der Waals surface area contributed by atoms with Crippen LogP contribution in [0.4, 0.5) is 11.5 Å². The van der Waals surface area contributed by atoms with E-state index < -0.39 is 0 Å². The van der Waals surface area contributed by atoms with Gasteiger partial charge in [-0.2, -0.15) is 5.10 Å². The Bertz CT molecular complexity index is 1600. The number of hydrogen-bond donors (Lipinski definition) is 3. The summed E-state index contributed by atoms with van der Waals surface area (Å²) in [6, 6.07) is 14.5. The van der Waals surface area contributed by atoms with E-state index in [9.17, 15) is 4.79 Å². The summed E-state index contributed by atoms with van der Waals surface area (Å²) in [6.07, 6.45) is 7.74. The largest absolute Gasteiger partial charge is 0.497 e. The molecule has 1 fully saturated rings. The van der Waals surface area contributed by atoms with Crippen LogP contribution in [0.5, 0.6) is 5.75 Å². The number of nitrogens with zero attached hydrogens (tertiary/aromatic N) is 4. The maximum atomic E-state index is 12.7. The van der Waals surface area contributed by atoms with Crippen LogP contribution in [0.15, 0.2) is 71.5 Å². The van der Waals surface area contributed by atoms with Gasteiger partial charge in [0, 0.05) is 40.8 Å². The Kier molecular flexibility index (Phi) is 6.22. The Hall–Kier alpha value is -4.70. The zero-order valence-electron chi connectivity index (χ0n) is 20.8. The number of aromatic nitrogens is 4. The van der Waals surface area contributed by atoms with Crippen molar-refractivity contribution >= 4 is 28.5 Å². The van der Waals surface area contributed by atoms with E-state index in [4.69, 9.17) is 14.9 Å². The molecule has 1 aliphatic rings. The van der Waals surface area contributed by atoms with Gasteiger partial charge in [-0.05, 0) is 68.4 Å². The third kappa shape index (κ3) is 4.69. The molecule has 192 valence electrons. The summed E-state index contributed by atoms with van der Waals surface area (Å²) in [4.78, 5) is 21.7. The SMILES string of the molecule is COc1ccc(C(=O)Nc2ccc3nc(-c4cc(-c5cnn(C6CCNCC6)c5)cnc4N)oc3c2)cc1. The van der Waals surface area contributed by atoms with Gasteiger partial charge < -0.3 is 25.5 Å². The van der Waals surface area contributed by atoms with Crippen molar-refractivity contribution < 1.29 is 13.9 Å². The molecule has 0 bridgehead atoms. The second-order valence-corrected chi connectivity index (χ2v) is 9.23. The van der Waals surface area contributed by atoms with Crippen LogP contribution < -0.4 is 21.1 Å². The Morgan fingerprint density at radius 2 is 1.92 bits per heavy atom. The average Bonchev–Trinajstić information content (AvgIpc) is 3.61. The monoisotopic (exact) mass is 509 g/mol. The highest BCUT2D eigenvalue weighted by molar-refractivity contribution is 6.05. The molecule has 10 heteroatoms. The molecule has 0 aliphatic carbocycles. The number of anilines is 2. The number of methoxy groups -OCH3 is 1. The fourth-order valence-corrected chi connectivity index (χ4v) is 4.63. The first-order valence-electron chi connectivity index (χ1n) is 12.4. The fourth-order valence-electron chi connectivity index (χ4n) is 4.63. The molecule has 5 aromatic rings. The zero-order valence-corrected chi connectivity index (χ0v) is 20.8. The first-order valence-corrected chi connectivity index (χ1v) is 12.4. The van der Waals surface area contributed by atoms with Gasteiger partial charge in [0.1, 0.15) is 17.1 Å². The van der Waals surface area contributed by atoms with E-state index in [0.29, 0.717) is 51.4 Å². The van der Waals surface area contributed by atoms with Crippen LogP contribution in [0, 0.1) is 0 Å². The number of carbonyl (C=O) groups excluding carboxylic acids is 1. The average molecular weight is 510 g/mol. The van der Waals surface area contributed by atoms with Crippen molar-refractivity contribution in [1.82, 2.24) is 25.1 Å². The quantitative estimate of drug-likeness (QED) is 0.304. The van der Waals surface area contributed by atoms with Gasteiger partial charge in [0.05, 0.1) is 24.9 Å². The second-order valence-electron chi connectivity index (χ2n) is 9.23. The highest BCUT2D eigenvalue weighted by Gasteiger charge is 2.18. The Morgan fingerprint density at radius 1 is 1.11 bits per heavy atom. The van der Waals surface area contributed by atoms with Gasteiger partial charge in [0.15, 0.2) is 5.58 Å². The van der Waals surface area contributed by atoms with E-state index in [2.05, 4.69) is 31.9 Å². The molecule has 3 aromatic heterocycles. The Balaban J connectivity index is 1.24. The molecule has 0 spiro atoms. The number of nitrogen functional groups attached to an aromatic ring is 1. The van der Waals surface area contributed by atoms with E-state index in [0.717, 1.165) is 37.1 Å². The summed E-state index contributed by atoms with van der Waals surface area (Å²) in [7, 11) is 1.58. The number of nitrogens with one attached hydrogen (secondary N) is 2. The van der Waals surface area contributed by atoms with Crippen LogP contribution in [0.2, 0.25) is 0 Å². The summed E-state index contributed by atoms with van der Waals surface area (Å²) in [5.41, 5.74) is 10.9. The number of fused-ring (bicyclic) bond motifs is 1. The summed E-state index contributed by atoms with van der Waals surface area (Å²) < 4.78 is 13.2. The molecule has 2 aromatic carbocycles. The number of piperidine rings is 1. The van der Waals surface area contributed by atoms with Crippen molar-refractivity contribution in [1.29, 1.82) is 0 Å². The summed E-state index contributed by atoms with van der Waals surface area (Å²) in [5.74, 6) is 1.12. The first kappa shape index (κ1) is 23.7. The molecule has 0 saturated carbocycles. The standard InChI is InChI=1S/C28H27N7O3/c1-37-22-5-2-17(3-6-22)27(36)33-20-4-7-24-25(13-20)38-28(34-24)23-12-18(14-31-26(23)29)19-15-32-35(16-19)21-8-10-30-11-9-21/h2-7,12-16,21,30H,8-11H2,1H3,(H2,29,31)(H,33,36). The van der Waals surface area contributed by atoms with Crippen molar-refractivity contribution in [2.45, 2.75) is 18.9 Å². The van der Waals surface area contributed by atoms with Crippen LogP contribution in [0.25, 0.3) is 33.7 Å². The molecule has 0 unspecified atom stereocenters. The van der Waals surface area contributed by atoms with E-state index in [1.165, 1.54) is 0 Å². The molecule has 1 aliphatic heterocycles. The molecule has 10 nitrogen and oxygen atoms in total. The number of pyridine rings is 1. The lowest BCUT2D eigenvalue weighted by atomic mass is 10.1. The number of amides is 1. The van der Waals surface area contributed by atoms with Gasteiger partial charge in [-0.3, -0.25) is 9.48 Å². The third-order valence-electron chi connectivity index (χ3n) is 6.77. The van der Waals surface area contributed by atoms with Crippen LogP contribution in [0.1, 0.15) is 29.2 Å². The van der Waals surface area contributed by atoms with Gasteiger partial charge in [-0.25, -0.2) is 9.97 Å². The minimum atomic E-state index is -0.238. The molecule has 1 amide bonds. The number of ether oxygens (including phenoxy) is 1. The van der Waals surface area contributed by atoms with Gasteiger partial charge in [0.25, 0.3) is 5.91 Å². The molecule has 0 atom stereocenters. The van der Waals surface area contributed by atoms with Crippen molar-refractivity contribution in [2.24, 2.45) is 0 Å². The Labute approximate surface area is 218 Å². The number of benzene rings is 2. The normalized spacial score (nSPS) is 14.0. The fraction of sp³-hybridized carbons (Fsp3) is 0.214. The van der Waals surface area contributed by atoms with Gasteiger partial charge in [-0.15, -0.1) is 0 Å². The minimum Gasteiger partial charge on any atom is -0.497 e. The summed E-state index contributed by atoms with van der Waals surface area (Å²) in [5, 5.41) is 10.9. The smallest absolute Gasteiger partial charge is 0.255 e. The van der Waals surface area contributed by atoms with E-state index in [1.54, 1.807) is 55.8 Å². The van der Waals surface area contributed by atoms with Gasteiger partial charge >= 0.3 is 0 Å². The van der Waals surface area contributed by atoms with Gasteiger partial charge in [-0.1, -0.05) is 0 Å². The minimum absolute atomic E-state index is 0.238. The van der Waals surface area contributed by atoms with Crippen molar-refractivity contribution in [2.75, 3.05) is 31.2 Å². The summed E-state index contributed by atoms with van der Waals surface area (Å²) >= 11 is 0. The molecule has 38 heavy (non-hydrogen) atoms. The van der Waals surface area contributed by atoms with Crippen molar-refractivity contribution in [3.63, 3.8) is 0 Å². The summed E-state index contributed by atoms with van der Waals surface area (Å²) in [6.45, 7) is 2.00. The molecule has 6 rings (SSSR count). The number of carbonyl (C=O) groups is 1. The predicted octanol–water partition coefficient (Wildman–Crippen LogP) is 4.52. The van der Waals surface area contributed by atoms with Crippen LogP contribution in [-0.4, -0.2) is 45.9 Å². The third-order valence-corrected chi connectivity index (χ3v) is 6.77.